The zero-order valence-electron chi connectivity index (χ0n) is 19.2. The van der Waals surface area contributed by atoms with Crippen LogP contribution < -0.4 is 21.5 Å². The first kappa shape index (κ1) is 25.0. The highest BCUT2D eigenvalue weighted by molar-refractivity contribution is 7.80. The zero-order valence-corrected chi connectivity index (χ0v) is 20.0. The number of halogens is 3. The second-order valence-corrected chi connectivity index (χ2v) is 9.03. The molecule has 0 amide bonds. The van der Waals surface area contributed by atoms with E-state index in [9.17, 15) is 8.78 Å². The highest BCUT2D eigenvalue weighted by atomic mass is 32.1. The second-order valence-electron chi connectivity index (χ2n) is 8.59. The Morgan fingerprint density at radius 2 is 1.66 bits per heavy atom. The van der Waals surface area contributed by atoms with Gasteiger partial charge in [0.25, 0.3) is 0 Å². The van der Waals surface area contributed by atoms with Crippen molar-refractivity contribution in [2.45, 2.75) is 25.6 Å². The maximum absolute atomic E-state index is 15.1. The molecule has 3 aromatic rings. The molecule has 9 heteroatoms. The Labute approximate surface area is 208 Å². The van der Waals surface area contributed by atoms with Crippen LogP contribution in [0.4, 0.5) is 18.9 Å². The summed E-state index contributed by atoms with van der Waals surface area (Å²) in [7, 11) is 0. The monoisotopic (exact) mass is 499 g/mol. The molecule has 0 saturated carbocycles. The molecule has 1 aliphatic heterocycles. The van der Waals surface area contributed by atoms with Gasteiger partial charge < -0.3 is 10.6 Å². The first-order chi connectivity index (χ1) is 16.9. The SMILES string of the molecule is NC(=S)NNCc1cc(F)c(N2CCN(Cc3ccccc3F)[C@@H](Cc3ccccc3)C2)cc1F. The lowest BCUT2D eigenvalue weighted by atomic mass is 10.00. The number of thiocarbonyl (C=S) groups is 1. The van der Waals surface area contributed by atoms with Crippen molar-refractivity contribution in [3.8, 4) is 0 Å². The highest BCUT2D eigenvalue weighted by Crippen LogP contribution is 2.28. The highest BCUT2D eigenvalue weighted by Gasteiger charge is 2.29. The van der Waals surface area contributed by atoms with Crippen molar-refractivity contribution >= 4 is 23.0 Å². The molecule has 1 atom stereocenters. The van der Waals surface area contributed by atoms with Crippen LogP contribution >= 0.6 is 12.2 Å². The van der Waals surface area contributed by atoms with E-state index in [2.05, 4.69) is 15.8 Å². The minimum absolute atomic E-state index is 0.00988. The Balaban J connectivity index is 1.53. The minimum Gasteiger partial charge on any atom is -0.375 e. The molecule has 1 fully saturated rings. The molecule has 1 heterocycles. The van der Waals surface area contributed by atoms with Gasteiger partial charge in [-0.05, 0) is 36.3 Å². The van der Waals surface area contributed by atoms with Gasteiger partial charge in [0, 0.05) is 56.0 Å². The number of hydrogen-bond donors (Lipinski definition) is 3. The number of piperazine rings is 1. The summed E-state index contributed by atoms with van der Waals surface area (Å²) < 4.78 is 44.2. The topological polar surface area (TPSA) is 56.6 Å². The zero-order chi connectivity index (χ0) is 24.8. The Bertz CT molecular complexity index is 1160. The molecule has 1 saturated heterocycles. The van der Waals surface area contributed by atoms with Crippen LogP contribution in [0.25, 0.3) is 0 Å². The molecule has 5 nitrogen and oxygen atoms in total. The summed E-state index contributed by atoms with van der Waals surface area (Å²) >= 11 is 4.70. The molecule has 4 N–H and O–H groups in total. The summed E-state index contributed by atoms with van der Waals surface area (Å²) in [5.74, 6) is -1.26. The summed E-state index contributed by atoms with van der Waals surface area (Å²) in [6, 6.07) is 19.2. The van der Waals surface area contributed by atoms with E-state index < -0.39 is 11.6 Å². The van der Waals surface area contributed by atoms with Crippen LogP contribution in [-0.4, -0.2) is 35.7 Å². The van der Waals surface area contributed by atoms with Crippen molar-refractivity contribution in [3.05, 3.63) is 101 Å². The fourth-order valence-corrected chi connectivity index (χ4v) is 4.50. The summed E-state index contributed by atoms with van der Waals surface area (Å²) in [5.41, 5.74) is 12.6. The molecular weight excluding hydrogens is 471 g/mol. The third kappa shape index (κ3) is 6.50. The number of anilines is 1. The standard InChI is InChI=1S/C26H28F3N5S/c27-22-9-5-4-8-19(22)16-33-10-11-34(17-21(33)12-18-6-2-1-3-7-18)25-14-23(28)20(13-24(25)29)15-31-32-26(30)35/h1-9,13-14,21,31H,10-12,15-17H2,(H3,30,32,35)/t21-/m0/s1. The van der Waals surface area contributed by atoms with E-state index in [0.717, 1.165) is 5.56 Å². The Morgan fingerprint density at radius 1 is 0.914 bits per heavy atom. The normalized spacial score (nSPS) is 16.3. The van der Waals surface area contributed by atoms with Gasteiger partial charge in [-0.3, -0.25) is 10.3 Å². The van der Waals surface area contributed by atoms with Gasteiger partial charge in [0.05, 0.1) is 5.69 Å². The van der Waals surface area contributed by atoms with Gasteiger partial charge in [-0.15, -0.1) is 0 Å². The molecule has 0 radical (unpaired) electrons. The lowest BCUT2D eigenvalue weighted by molar-refractivity contribution is 0.164. The predicted molar refractivity (Wildman–Crippen MR) is 136 cm³/mol. The summed E-state index contributed by atoms with van der Waals surface area (Å²) in [5, 5.41) is 0.0141. The number of nitrogens with two attached hydrogens (primary N) is 1. The maximum Gasteiger partial charge on any atom is 0.178 e. The van der Waals surface area contributed by atoms with Crippen LogP contribution in [-0.2, 0) is 19.5 Å². The third-order valence-corrected chi connectivity index (χ3v) is 6.30. The van der Waals surface area contributed by atoms with Crippen LogP contribution in [0.1, 0.15) is 16.7 Å². The third-order valence-electron chi connectivity index (χ3n) is 6.20. The number of nitrogens with zero attached hydrogens (tertiary/aromatic N) is 2. The van der Waals surface area contributed by atoms with E-state index in [1.54, 1.807) is 12.1 Å². The second kappa shape index (κ2) is 11.5. The molecular formula is C26H28F3N5S. The molecule has 4 rings (SSSR count). The molecule has 184 valence electrons. The van der Waals surface area contributed by atoms with Gasteiger partial charge in [-0.1, -0.05) is 48.5 Å². The van der Waals surface area contributed by atoms with E-state index in [0.29, 0.717) is 38.2 Å². The predicted octanol–water partition coefficient (Wildman–Crippen LogP) is 3.88. The molecule has 3 aromatic carbocycles. The number of nitrogens with one attached hydrogen (secondary N) is 2. The van der Waals surface area contributed by atoms with E-state index in [4.69, 9.17) is 18.0 Å². The van der Waals surface area contributed by atoms with Gasteiger partial charge in [-0.2, -0.15) is 0 Å². The summed E-state index contributed by atoms with van der Waals surface area (Å²) in [6.07, 6.45) is 0.711. The molecule has 0 unspecified atom stereocenters. The number of benzene rings is 3. The van der Waals surface area contributed by atoms with Crippen LogP contribution in [0.5, 0.6) is 0 Å². The Hall–Kier alpha value is -3.14. The average Bonchev–Trinajstić information content (AvgIpc) is 2.84. The van der Waals surface area contributed by atoms with Gasteiger partial charge in [0.15, 0.2) is 5.11 Å². The molecule has 0 aromatic heterocycles. The van der Waals surface area contributed by atoms with Crippen molar-refractivity contribution in [1.29, 1.82) is 0 Å². The smallest absolute Gasteiger partial charge is 0.178 e. The molecule has 1 aliphatic rings. The van der Waals surface area contributed by atoms with E-state index >= 15 is 4.39 Å². The van der Waals surface area contributed by atoms with Crippen molar-refractivity contribution in [2.24, 2.45) is 5.73 Å². The van der Waals surface area contributed by atoms with Crippen LogP contribution in [0.3, 0.4) is 0 Å². The summed E-state index contributed by atoms with van der Waals surface area (Å²) in [4.78, 5) is 4.09. The van der Waals surface area contributed by atoms with E-state index in [1.165, 1.54) is 18.2 Å². The molecule has 0 aliphatic carbocycles. The first-order valence-corrected chi connectivity index (χ1v) is 11.8. The fourth-order valence-electron chi connectivity index (χ4n) is 4.43. The maximum atomic E-state index is 15.1. The van der Waals surface area contributed by atoms with Gasteiger partial charge in [0.1, 0.15) is 17.5 Å². The minimum atomic E-state index is -0.521. The quantitative estimate of drug-likeness (QED) is 0.323. The van der Waals surface area contributed by atoms with Crippen molar-refractivity contribution < 1.29 is 13.2 Å². The fraction of sp³-hybridized carbons (Fsp3) is 0.269. The lowest BCUT2D eigenvalue weighted by Gasteiger charge is -2.43. The number of rotatable bonds is 8. The number of hydrogen-bond acceptors (Lipinski definition) is 4. The molecule has 0 bridgehead atoms. The summed E-state index contributed by atoms with van der Waals surface area (Å²) in [6.45, 7) is 2.05. The average molecular weight is 500 g/mol. The van der Waals surface area contributed by atoms with Gasteiger partial charge >= 0.3 is 0 Å². The Morgan fingerprint density at radius 3 is 2.40 bits per heavy atom. The molecule has 0 spiro atoms. The van der Waals surface area contributed by atoms with Crippen LogP contribution in [0, 0.1) is 17.5 Å². The van der Waals surface area contributed by atoms with Gasteiger partial charge in [0.2, 0.25) is 0 Å². The first-order valence-electron chi connectivity index (χ1n) is 11.4. The van der Waals surface area contributed by atoms with E-state index in [1.807, 2.05) is 41.3 Å². The van der Waals surface area contributed by atoms with Gasteiger partial charge in [-0.25, -0.2) is 18.6 Å². The number of hydrazine groups is 1. The lowest BCUT2D eigenvalue weighted by Crippen LogP contribution is -2.54. The molecule has 35 heavy (non-hydrogen) atoms. The largest absolute Gasteiger partial charge is 0.375 e. The van der Waals surface area contributed by atoms with Crippen molar-refractivity contribution in [3.63, 3.8) is 0 Å². The Kier molecular flexibility index (Phi) is 8.22. The van der Waals surface area contributed by atoms with Crippen LogP contribution in [0.15, 0.2) is 66.7 Å². The van der Waals surface area contributed by atoms with E-state index in [-0.39, 0.29) is 34.8 Å². The van der Waals surface area contributed by atoms with Crippen molar-refractivity contribution in [2.75, 3.05) is 24.5 Å². The van der Waals surface area contributed by atoms with Crippen LogP contribution in [0.2, 0.25) is 0 Å². The van der Waals surface area contributed by atoms with Crippen molar-refractivity contribution in [1.82, 2.24) is 15.8 Å².